The molecule has 4 nitrogen and oxygen atoms in total. The van der Waals surface area contributed by atoms with E-state index in [-0.39, 0.29) is 11.3 Å². The van der Waals surface area contributed by atoms with E-state index in [2.05, 4.69) is 16.8 Å². The lowest BCUT2D eigenvalue weighted by atomic mass is 9.90. The molecule has 0 aliphatic carbocycles. The summed E-state index contributed by atoms with van der Waals surface area (Å²) in [5.41, 5.74) is -3.45. The van der Waals surface area contributed by atoms with Crippen LogP contribution in [0.3, 0.4) is 0 Å². The first-order valence-electron chi connectivity index (χ1n) is 9.24. The molecule has 3 heterocycles. The van der Waals surface area contributed by atoms with Gasteiger partial charge in [-0.3, -0.25) is 4.98 Å². The molecule has 1 aliphatic heterocycles. The molecule has 1 aromatic carbocycles. The van der Waals surface area contributed by atoms with Crippen molar-refractivity contribution >= 4 is 0 Å². The van der Waals surface area contributed by atoms with Gasteiger partial charge in [0, 0.05) is 23.4 Å². The Kier molecular flexibility index (Phi) is 5.46. The summed E-state index contributed by atoms with van der Waals surface area (Å²) in [4.78, 5) is 3.66. The van der Waals surface area contributed by atoms with E-state index >= 15 is 8.78 Å². The first kappa shape index (κ1) is 22.8. The summed E-state index contributed by atoms with van der Waals surface area (Å²) in [6.45, 7) is -0.504. The van der Waals surface area contributed by atoms with Gasteiger partial charge in [0.2, 0.25) is 6.10 Å². The summed E-state index contributed by atoms with van der Waals surface area (Å²) in [6, 6.07) is 6.35. The lowest BCUT2D eigenvalue weighted by Gasteiger charge is -2.24. The fourth-order valence-electron chi connectivity index (χ4n) is 3.12. The van der Waals surface area contributed by atoms with E-state index in [1.807, 2.05) is 0 Å². The van der Waals surface area contributed by atoms with Crippen molar-refractivity contribution in [2.45, 2.75) is 23.8 Å². The maximum absolute atomic E-state index is 15.1. The molecule has 33 heavy (non-hydrogen) atoms. The maximum atomic E-state index is 15.1. The van der Waals surface area contributed by atoms with Crippen LogP contribution in [0.2, 0.25) is 0 Å². The SMILES string of the molecule is OC(c1ccc(C#Cc2ccc(C(F)(F)C3(c4ccc(F)cc4F)CO3)nc2)o1)C(F)(F)F. The molecule has 2 unspecified atom stereocenters. The monoisotopic (exact) mass is 471 g/mol. The minimum absolute atomic E-state index is 0.127. The van der Waals surface area contributed by atoms with Crippen LogP contribution in [0.1, 0.15) is 34.4 Å². The summed E-state index contributed by atoms with van der Waals surface area (Å²) in [5.74, 6) is -1.93. The van der Waals surface area contributed by atoms with Crippen LogP contribution in [-0.2, 0) is 16.3 Å². The highest BCUT2D eigenvalue weighted by Crippen LogP contribution is 2.56. The zero-order chi connectivity index (χ0) is 24.0. The largest absolute Gasteiger partial charge is 0.450 e. The van der Waals surface area contributed by atoms with E-state index in [4.69, 9.17) is 14.3 Å². The minimum Gasteiger partial charge on any atom is -0.450 e. The van der Waals surface area contributed by atoms with Crippen molar-refractivity contribution in [3.05, 3.63) is 88.6 Å². The molecule has 1 saturated heterocycles. The Labute approximate surface area is 181 Å². The van der Waals surface area contributed by atoms with E-state index in [9.17, 15) is 22.0 Å². The van der Waals surface area contributed by atoms with Crippen LogP contribution >= 0.6 is 0 Å². The number of benzene rings is 1. The summed E-state index contributed by atoms with van der Waals surface area (Å²) in [5, 5.41) is 9.15. The topological polar surface area (TPSA) is 58.8 Å². The Balaban J connectivity index is 1.54. The summed E-state index contributed by atoms with van der Waals surface area (Å²) < 4.78 is 105. The third-order valence-corrected chi connectivity index (χ3v) is 4.93. The first-order valence-corrected chi connectivity index (χ1v) is 9.24. The van der Waals surface area contributed by atoms with Crippen molar-refractivity contribution in [3.63, 3.8) is 0 Å². The Morgan fingerprint density at radius 2 is 1.73 bits per heavy atom. The summed E-state index contributed by atoms with van der Waals surface area (Å²) in [7, 11) is 0. The molecule has 1 fully saturated rings. The van der Waals surface area contributed by atoms with E-state index in [1.54, 1.807) is 0 Å². The first-order chi connectivity index (χ1) is 15.4. The zero-order valence-corrected chi connectivity index (χ0v) is 16.3. The van der Waals surface area contributed by atoms with Crippen LogP contribution in [0, 0.1) is 23.5 Å². The Morgan fingerprint density at radius 1 is 1.00 bits per heavy atom. The van der Waals surface area contributed by atoms with Crippen LogP contribution in [0.15, 0.2) is 53.1 Å². The number of hydrogen-bond acceptors (Lipinski definition) is 4. The molecular weight excluding hydrogens is 459 g/mol. The van der Waals surface area contributed by atoms with Gasteiger partial charge in [-0.2, -0.15) is 22.0 Å². The van der Waals surface area contributed by atoms with Gasteiger partial charge in [-0.15, -0.1) is 0 Å². The Hall–Kier alpha value is -3.36. The Bertz CT molecular complexity index is 1240. The van der Waals surface area contributed by atoms with E-state index in [1.165, 1.54) is 6.07 Å². The number of aliphatic hydroxyl groups is 1. The predicted molar refractivity (Wildman–Crippen MR) is 97.8 cm³/mol. The van der Waals surface area contributed by atoms with Crippen molar-refractivity contribution in [1.29, 1.82) is 0 Å². The molecule has 0 bridgehead atoms. The minimum atomic E-state index is -4.91. The molecule has 2 atom stereocenters. The number of nitrogens with zero attached hydrogens (tertiary/aromatic N) is 1. The Morgan fingerprint density at radius 3 is 2.30 bits per heavy atom. The number of alkyl halides is 5. The molecule has 1 aliphatic rings. The van der Waals surface area contributed by atoms with Gasteiger partial charge in [0.05, 0.1) is 6.61 Å². The lowest BCUT2D eigenvalue weighted by Crippen LogP contribution is -2.34. The summed E-state index contributed by atoms with van der Waals surface area (Å²) >= 11 is 0. The van der Waals surface area contributed by atoms with Crippen molar-refractivity contribution in [2.24, 2.45) is 0 Å². The van der Waals surface area contributed by atoms with Crippen molar-refractivity contribution in [3.8, 4) is 11.8 Å². The van der Waals surface area contributed by atoms with Gasteiger partial charge in [0.1, 0.15) is 23.1 Å². The molecule has 0 spiro atoms. The predicted octanol–water partition coefficient (Wildman–Crippen LogP) is 4.97. The highest BCUT2D eigenvalue weighted by atomic mass is 19.4. The maximum Gasteiger partial charge on any atom is 0.421 e. The quantitative estimate of drug-likeness (QED) is 0.332. The lowest BCUT2D eigenvalue weighted by molar-refractivity contribution is -0.211. The third-order valence-electron chi connectivity index (χ3n) is 4.93. The number of halogens is 7. The van der Waals surface area contributed by atoms with Crippen LogP contribution in [-0.4, -0.2) is 22.9 Å². The van der Waals surface area contributed by atoms with E-state index < -0.39 is 59.1 Å². The number of hydrogen-bond donors (Lipinski definition) is 1. The highest BCUT2D eigenvalue weighted by molar-refractivity contribution is 5.40. The number of epoxide rings is 1. The molecule has 0 saturated carbocycles. The van der Waals surface area contributed by atoms with Gasteiger partial charge < -0.3 is 14.3 Å². The second kappa shape index (κ2) is 7.90. The fourth-order valence-corrected chi connectivity index (χ4v) is 3.12. The van der Waals surface area contributed by atoms with Crippen molar-refractivity contribution in [2.75, 3.05) is 6.61 Å². The number of furan rings is 1. The molecule has 11 heteroatoms. The average Bonchev–Trinajstić information content (AvgIpc) is 3.43. The molecule has 3 aromatic rings. The molecule has 0 amide bonds. The van der Waals surface area contributed by atoms with Gasteiger partial charge in [0.25, 0.3) is 0 Å². The number of aromatic nitrogens is 1. The molecule has 1 N–H and O–H groups in total. The second-order valence-corrected chi connectivity index (χ2v) is 7.14. The van der Waals surface area contributed by atoms with Crippen molar-refractivity contribution in [1.82, 2.24) is 4.98 Å². The number of ether oxygens (including phenoxy) is 1. The van der Waals surface area contributed by atoms with Crippen molar-refractivity contribution < 1.29 is 45.0 Å². The number of pyridine rings is 1. The number of rotatable bonds is 4. The van der Waals surface area contributed by atoms with Crippen LogP contribution in [0.25, 0.3) is 0 Å². The molecule has 2 aromatic heterocycles. The van der Waals surface area contributed by atoms with Gasteiger partial charge in [-0.25, -0.2) is 8.78 Å². The fraction of sp³-hybridized carbons (Fsp3) is 0.227. The van der Waals surface area contributed by atoms with Gasteiger partial charge in [-0.1, -0.05) is 5.92 Å². The second-order valence-electron chi connectivity index (χ2n) is 7.14. The molecule has 4 rings (SSSR count). The average molecular weight is 471 g/mol. The molecular formula is C22H12F7NO3. The van der Waals surface area contributed by atoms with Gasteiger partial charge in [0.15, 0.2) is 11.4 Å². The highest BCUT2D eigenvalue weighted by Gasteiger charge is 2.68. The zero-order valence-electron chi connectivity index (χ0n) is 16.3. The summed E-state index contributed by atoms with van der Waals surface area (Å²) in [6.07, 6.45) is -6.73. The van der Waals surface area contributed by atoms with Crippen LogP contribution in [0.4, 0.5) is 30.7 Å². The standard InChI is InChI=1S/C22H12F7NO3/c23-13-3-6-15(16(24)9-13)20(11-32-20)21(25,26)18-8-2-12(10-30-18)1-4-14-5-7-17(33-14)19(31)22(27,28)29/h2-3,5-10,19,31H,11H2. The van der Waals surface area contributed by atoms with Crippen LogP contribution < -0.4 is 0 Å². The molecule has 0 radical (unpaired) electrons. The van der Waals surface area contributed by atoms with Gasteiger partial charge in [-0.05, 0) is 42.3 Å². The smallest absolute Gasteiger partial charge is 0.421 e. The van der Waals surface area contributed by atoms with E-state index in [0.717, 1.165) is 36.5 Å². The molecule has 172 valence electrons. The normalized spacial score (nSPS) is 19.0. The van der Waals surface area contributed by atoms with E-state index in [0.29, 0.717) is 6.07 Å². The van der Waals surface area contributed by atoms with Crippen LogP contribution in [0.5, 0.6) is 0 Å². The number of aliphatic hydroxyl groups excluding tert-OH is 1. The van der Waals surface area contributed by atoms with Gasteiger partial charge >= 0.3 is 12.1 Å². The third kappa shape index (κ3) is 4.19.